The predicted octanol–water partition coefficient (Wildman–Crippen LogP) is 5.47. The molecule has 0 aliphatic rings. The zero-order valence-corrected chi connectivity index (χ0v) is 17.9. The van der Waals surface area contributed by atoms with E-state index in [0.717, 1.165) is 33.8 Å². The first-order valence-electron chi connectivity index (χ1n) is 10.7. The largest absolute Gasteiger partial charge is 0.492 e. The Labute approximate surface area is 191 Å². The van der Waals surface area contributed by atoms with Crippen LogP contribution in [0.2, 0.25) is 0 Å². The zero-order chi connectivity index (χ0) is 22.5. The first-order chi connectivity index (χ1) is 16.3. The fraction of sp³-hybridized carbons (Fsp3) is 0.0741. The van der Waals surface area contributed by atoms with E-state index in [1.807, 2.05) is 102 Å². The molecule has 1 N–H and O–H groups in total. The molecule has 0 saturated carbocycles. The molecule has 162 valence electrons. The average molecular weight is 434 g/mol. The van der Waals surface area contributed by atoms with E-state index in [0.29, 0.717) is 12.4 Å². The molecule has 6 heteroatoms. The van der Waals surface area contributed by atoms with Gasteiger partial charge in [0.15, 0.2) is 0 Å². The maximum Gasteiger partial charge on any atom is 0.234 e. The third kappa shape index (κ3) is 4.75. The Bertz CT molecular complexity index is 1350. The maximum absolute atomic E-state index is 12.4. The number of nitrogens with zero attached hydrogens (tertiary/aromatic N) is 3. The van der Waals surface area contributed by atoms with Gasteiger partial charge in [0.25, 0.3) is 0 Å². The van der Waals surface area contributed by atoms with Crippen LogP contribution in [0.25, 0.3) is 28.2 Å². The predicted molar refractivity (Wildman–Crippen MR) is 129 cm³/mol. The lowest BCUT2D eigenvalue weighted by Gasteiger charge is -2.12. The number of imidazole rings is 1. The Balaban J connectivity index is 1.18. The number of aromatic nitrogens is 3. The molecule has 2 aromatic heterocycles. The molecular formula is C27H22N4O2. The molecule has 6 nitrogen and oxygen atoms in total. The third-order valence-electron chi connectivity index (χ3n) is 5.26. The highest BCUT2D eigenvalue weighted by Gasteiger charge is 2.09. The van der Waals surface area contributed by atoms with Gasteiger partial charge in [-0.3, -0.25) is 9.20 Å². The number of anilines is 1. The SMILES string of the molecule is O=C(CCOc1ccccc1-c1ccccc1)Nc1ccc(-c2cn3cccnc3n2)cc1. The van der Waals surface area contributed by atoms with E-state index >= 15 is 0 Å². The van der Waals surface area contributed by atoms with Crippen LogP contribution in [0.1, 0.15) is 6.42 Å². The summed E-state index contributed by atoms with van der Waals surface area (Å²) in [5, 5.41) is 2.92. The molecule has 0 bridgehead atoms. The van der Waals surface area contributed by atoms with Gasteiger partial charge in [-0.15, -0.1) is 0 Å². The fourth-order valence-corrected chi connectivity index (χ4v) is 3.62. The Morgan fingerprint density at radius 1 is 0.879 bits per heavy atom. The first-order valence-corrected chi connectivity index (χ1v) is 10.7. The highest BCUT2D eigenvalue weighted by molar-refractivity contribution is 5.91. The van der Waals surface area contributed by atoms with Crippen molar-refractivity contribution in [2.75, 3.05) is 11.9 Å². The van der Waals surface area contributed by atoms with E-state index in [1.54, 1.807) is 6.20 Å². The van der Waals surface area contributed by atoms with Gasteiger partial charge in [0, 0.05) is 35.4 Å². The van der Waals surface area contributed by atoms with Gasteiger partial charge >= 0.3 is 0 Å². The van der Waals surface area contributed by atoms with Crippen molar-refractivity contribution < 1.29 is 9.53 Å². The van der Waals surface area contributed by atoms with E-state index < -0.39 is 0 Å². The van der Waals surface area contributed by atoms with Crippen molar-refractivity contribution in [3.63, 3.8) is 0 Å². The second kappa shape index (κ2) is 9.36. The molecule has 1 amide bonds. The van der Waals surface area contributed by atoms with Crippen LogP contribution in [0.4, 0.5) is 5.69 Å². The minimum absolute atomic E-state index is 0.100. The van der Waals surface area contributed by atoms with Crippen LogP contribution in [0.3, 0.4) is 0 Å². The van der Waals surface area contributed by atoms with Crippen molar-refractivity contribution in [3.8, 4) is 28.1 Å². The number of carbonyl (C=O) groups excluding carboxylic acids is 1. The molecular weight excluding hydrogens is 412 g/mol. The number of hydrogen-bond donors (Lipinski definition) is 1. The van der Waals surface area contributed by atoms with Gasteiger partial charge in [0.05, 0.1) is 18.7 Å². The Hall–Kier alpha value is -4.45. The van der Waals surface area contributed by atoms with Crippen molar-refractivity contribution in [3.05, 3.63) is 104 Å². The lowest BCUT2D eigenvalue weighted by atomic mass is 10.1. The van der Waals surface area contributed by atoms with Gasteiger partial charge in [-0.2, -0.15) is 0 Å². The normalized spacial score (nSPS) is 10.8. The number of fused-ring (bicyclic) bond motifs is 1. The minimum Gasteiger partial charge on any atom is -0.492 e. The molecule has 3 aromatic carbocycles. The smallest absolute Gasteiger partial charge is 0.234 e. The first kappa shape index (κ1) is 20.5. The molecule has 0 saturated heterocycles. The summed E-state index contributed by atoms with van der Waals surface area (Å²) in [5.74, 6) is 1.32. The molecule has 0 spiro atoms. The summed E-state index contributed by atoms with van der Waals surface area (Å²) in [4.78, 5) is 21.2. The second-order valence-corrected chi connectivity index (χ2v) is 7.54. The van der Waals surface area contributed by atoms with Crippen LogP contribution in [-0.4, -0.2) is 26.9 Å². The summed E-state index contributed by atoms with van der Waals surface area (Å²) >= 11 is 0. The van der Waals surface area contributed by atoms with Crippen LogP contribution >= 0.6 is 0 Å². The number of ether oxygens (including phenoxy) is 1. The summed E-state index contributed by atoms with van der Waals surface area (Å²) in [6, 6.07) is 27.4. The van der Waals surface area contributed by atoms with Crippen LogP contribution in [0.5, 0.6) is 5.75 Å². The molecule has 0 fully saturated rings. The van der Waals surface area contributed by atoms with Crippen molar-refractivity contribution in [1.82, 2.24) is 14.4 Å². The molecule has 0 radical (unpaired) electrons. The van der Waals surface area contributed by atoms with Gasteiger partial charge < -0.3 is 10.1 Å². The van der Waals surface area contributed by atoms with Crippen molar-refractivity contribution in [1.29, 1.82) is 0 Å². The Kier molecular flexibility index (Phi) is 5.80. The number of para-hydroxylation sites is 1. The van der Waals surface area contributed by atoms with Gasteiger partial charge in [-0.25, -0.2) is 9.97 Å². The van der Waals surface area contributed by atoms with Crippen molar-refractivity contribution in [2.45, 2.75) is 6.42 Å². The lowest BCUT2D eigenvalue weighted by Crippen LogP contribution is -2.15. The lowest BCUT2D eigenvalue weighted by molar-refractivity contribution is -0.116. The molecule has 2 heterocycles. The third-order valence-corrected chi connectivity index (χ3v) is 5.26. The van der Waals surface area contributed by atoms with E-state index in [4.69, 9.17) is 4.74 Å². The summed E-state index contributed by atoms with van der Waals surface area (Å²) in [7, 11) is 0. The van der Waals surface area contributed by atoms with Crippen molar-refractivity contribution >= 4 is 17.4 Å². The molecule has 0 unspecified atom stereocenters. The zero-order valence-electron chi connectivity index (χ0n) is 17.9. The number of carbonyl (C=O) groups is 1. The Morgan fingerprint density at radius 2 is 1.67 bits per heavy atom. The van der Waals surface area contributed by atoms with E-state index in [9.17, 15) is 4.79 Å². The van der Waals surface area contributed by atoms with Crippen LogP contribution in [-0.2, 0) is 4.79 Å². The number of nitrogens with one attached hydrogen (secondary N) is 1. The number of benzene rings is 3. The number of amides is 1. The fourth-order valence-electron chi connectivity index (χ4n) is 3.62. The topological polar surface area (TPSA) is 68.5 Å². The summed E-state index contributed by atoms with van der Waals surface area (Å²) < 4.78 is 7.80. The van der Waals surface area contributed by atoms with Gasteiger partial charge in [-0.1, -0.05) is 60.7 Å². The average Bonchev–Trinajstić information content (AvgIpc) is 3.30. The Morgan fingerprint density at radius 3 is 2.48 bits per heavy atom. The van der Waals surface area contributed by atoms with Crippen LogP contribution < -0.4 is 10.1 Å². The molecule has 0 aliphatic carbocycles. The number of hydrogen-bond acceptors (Lipinski definition) is 4. The van der Waals surface area contributed by atoms with Crippen LogP contribution in [0, 0.1) is 0 Å². The summed E-state index contributed by atoms with van der Waals surface area (Å²) in [6.07, 6.45) is 5.81. The highest BCUT2D eigenvalue weighted by atomic mass is 16.5. The minimum atomic E-state index is -0.100. The summed E-state index contributed by atoms with van der Waals surface area (Å²) in [5.41, 5.74) is 4.61. The molecule has 5 rings (SSSR count). The molecule has 5 aromatic rings. The number of rotatable bonds is 7. The quantitative estimate of drug-likeness (QED) is 0.369. The van der Waals surface area contributed by atoms with E-state index in [1.165, 1.54) is 0 Å². The monoisotopic (exact) mass is 434 g/mol. The second-order valence-electron chi connectivity index (χ2n) is 7.54. The van der Waals surface area contributed by atoms with Gasteiger partial charge in [-0.05, 0) is 29.8 Å². The summed E-state index contributed by atoms with van der Waals surface area (Å²) in [6.45, 7) is 0.294. The van der Waals surface area contributed by atoms with Crippen molar-refractivity contribution in [2.24, 2.45) is 0 Å². The van der Waals surface area contributed by atoms with E-state index in [-0.39, 0.29) is 12.3 Å². The molecule has 33 heavy (non-hydrogen) atoms. The van der Waals surface area contributed by atoms with Crippen LogP contribution in [0.15, 0.2) is 104 Å². The van der Waals surface area contributed by atoms with E-state index in [2.05, 4.69) is 15.3 Å². The molecule has 0 atom stereocenters. The standard InChI is InChI=1S/C27H22N4O2/c32-26(15-18-33-25-10-5-4-9-23(25)20-7-2-1-3-8-20)29-22-13-11-21(12-14-22)24-19-31-17-6-16-28-27(31)30-24/h1-14,16-17,19H,15,18H2,(H,29,32). The highest BCUT2D eigenvalue weighted by Crippen LogP contribution is 2.29. The maximum atomic E-state index is 12.4. The van der Waals surface area contributed by atoms with Gasteiger partial charge in [0.1, 0.15) is 5.75 Å². The molecule has 0 aliphatic heterocycles. The van der Waals surface area contributed by atoms with Gasteiger partial charge in [0.2, 0.25) is 11.7 Å².